The van der Waals surface area contributed by atoms with Crippen LogP contribution in [0.2, 0.25) is 0 Å². The first-order chi connectivity index (χ1) is 10.4. The second-order valence-corrected chi connectivity index (χ2v) is 9.41. The summed E-state index contributed by atoms with van der Waals surface area (Å²) >= 11 is 0. The maximum absolute atomic E-state index is 10.6. The van der Waals surface area contributed by atoms with E-state index < -0.39 is 0 Å². The normalized spacial score (nSPS) is 57.4. The van der Waals surface area contributed by atoms with Crippen molar-refractivity contribution in [3.8, 4) is 0 Å². The van der Waals surface area contributed by atoms with Gasteiger partial charge in [-0.05, 0) is 80.0 Å². The van der Waals surface area contributed by atoms with Crippen molar-refractivity contribution in [3.05, 3.63) is 12.2 Å². The van der Waals surface area contributed by atoms with Gasteiger partial charge in [-0.3, -0.25) is 0 Å². The molecule has 4 aliphatic carbocycles. The first-order valence-corrected chi connectivity index (χ1v) is 9.34. The van der Waals surface area contributed by atoms with E-state index in [1.54, 1.807) is 0 Å². The number of hydrogen-bond acceptors (Lipinski definition) is 2. The molecule has 4 fully saturated rings. The van der Waals surface area contributed by atoms with Gasteiger partial charge < -0.3 is 10.2 Å². The second-order valence-electron chi connectivity index (χ2n) is 9.41. The molecule has 124 valence electrons. The number of allylic oxidation sites excluding steroid dienone is 1. The Balaban J connectivity index is 1.78. The first-order valence-electron chi connectivity index (χ1n) is 9.34. The molecule has 4 rings (SSSR count). The minimum atomic E-state index is -0.334. The van der Waals surface area contributed by atoms with E-state index in [0.29, 0.717) is 16.7 Å². The van der Waals surface area contributed by atoms with E-state index in [4.69, 9.17) is 0 Å². The van der Waals surface area contributed by atoms with E-state index >= 15 is 0 Å². The lowest BCUT2D eigenvalue weighted by molar-refractivity contribution is -0.206. The summed E-state index contributed by atoms with van der Waals surface area (Å²) in [5.74, 6) is 2.08. The topological polar surface area (TPSA) is 40.5 Å². The maximum Gasteiger partial charge on any atom is 0.0618 e. The SMILES string of the molecule is C=C1CCC23C[C@H]1C[C@@H]2CC[C@H]1[C@](C)(CO)[C@H](O)CC[C@@]13C. The van der Waals surface area contributed by atoms with Gasteiger partial charge in [-0.1, -0.05) is 26.0 Å². The van der Waals surface area contributed by atoms with E-state index in [-0.39, 0.29) is 18.1 Å². The minimum absolute atomic E-state index is 0.130. The van der Waals surface area contributed by atoms with Gasteiger partial charge in [0.05, 0.1) is 12.7 Å². The molecule has 7 atom stereocenters. The van der Waals surface area contributed by atoms with Crippen molar-refractivity contribution in [1.29, 1.82) is 0 Å². The van der Waals surface area contributed by atoms with Crippen LogP contribution in [0.25, 0.3) is 0 Å². The summed E-state index contributed by atoms with van der Waals surface area (Å²) in [6.45, 7) is 9.14. The van der Waals surface area contributed by atoms with Crippen molar-refractivity contribution in [2.75, 3.05) is 6.61 Å². The molecule has 0 aliphatic heterocycles. The van der Waals surface area contributed by atoms with Gasteiger partial charge in [0.2, 0.25) is 0 Å². The molecule has 2 bridgehead atoms. The molecule has 4 aliphatic rings. The highest BCUT2D eigenvalue weighted by Crippen LogP contribution is 2.74. The van der Waals surface area contributed by atoms with E-state index in [9.17, 15) is 10.2 Å². The molecule has 0 amide bonds. The molecule has 0 aromatic rings. The van der Waals surface area contributed by atoms with Gasteiger partial charge in [0.15, 0.2) is 0 Å². The Morgan fingerprint density at radius 3 is 2.68 bits per heavy atom. The zero-order valence-electron chi connectivity index (χ0n) is 14.3. The van der Waals surface area contributed by atoms with E-state index in [2.05, 4.69) is 20.4 Å². The largest absolute Gasteiger partial charge is 0.396 e. The van der Waals surface area contributed by atoms with Crippen LogP contribution < -0.4 is 0 Å². The lowest BCUT2D eigenvalue weighted by atomic mass is 9.39. The van der Waals surface area contributed by atoms with Crippen molar-refractivity contribution >= 4 is 0 Å². The first kappa shape index (κ1) is 15.2. The van der Waals surface area contributed by atoms with Crippen LogP contribution in [0.5, 0.6) is 0 Å². The molecule has 2 N–H and O–H groups in total. The van der Waals surface area contributed by atoms with Crippen molar-refractivity contribution in [2.45, 2.75) is 71.3 Å². The van der Waals surface area contributed by atoms with Crippen LogP contribution in [0.15, 0.2) is 12.2 Å². The third kappa shape index (κ3) is 1.59. The molecule has 2 nitrogen and oxygen atoms in total. The van der Waals surface area contributed by atoms with Gasteiger partial charge in [-0.2, -0.15) is 0 Å². The van der Waals surface area contributed by atoms with Crippen LogP contribution in [-0.2, 0) is 0 Å². The molecule has 0 radical (unpaired) electrons. The summed E-state index contributed by atoms with van der Waals surface area (Å²) in [4.78, 5) is 0. The number of aliphatic hydroxyl groups is 2. The highest BCUT2D eigenvalue weighted by Gasteiger charge is 2.67. The average molecular weight is 304 g/mol. The summed E-state index contributed by atoms with van der Waals surface area (Å²) in [5.41, 5.74) is 1.94. The molecular weight excluding hydrogens is 272 g/mol. The predicted octanol–water partition coefficient (Wildman–Crippen LogP) is 3.92. The van der Waals surface area contributed by atoms with Gasteiger partial charge in [-0.15, -0.1) is 0 Å². The second kappa shape index (κ2) is 4.60. The summed E-state index contributed by atoms with van der Waals surface area (Å²) in [6.07, 6.45) is 9.37. The predicted molar refractivity (Wildman–Crippen MR) is 88.3 cm³/mol. The monoisotopic (exact) mass is 304 g/mol. The Morgan fingerprint density at radius 1 is 1.18 bits per heavy atom. The molecule has 2 heteroatoms. The van der Waals surface area contributed by atoms with Crippen molar-refractivity contribution in [1.82, 2.24) is 0 Å². The van der Waals surface area contributed by atoms with Gasteiger partial charge in [0.25, 0.3) is 0 Å². The Kier molecular flexibility index (Phi) is 3.18. The smallest absolute Gasteiger partial charge is 0.0618 e. The lowest BCUT2D eigenvalue weighted by Crippen LogP contribution is -2.62. The lowest BCUT2D eigenvalue weighted by Gasteiger charge is -2.66. The van der Waals surface area contributed by atoms with Gasteiger partial charge in [-0.25, -0.2) is 0 Å². The number of rotatable bonds is 1. The van der Waals surface area contributed by atoms with Crippen molar-refractivity contribution in [2.24, 2.45) is 34.0 Å². The van der Waals surface area contributed by atoms with Crippen LogP contribution in [0, 0.1) is 34.0 Å². The fourth-order valence-corrected chi connectivity index (χ4v) is 7.57. The van der Waals surface area contributed by atoms with Crippen molar-refractivity contribution < 1.29 is 10.2 Å². The van der Waals surface area contributed by atoms with Gasteiger partial charge in [0, 0.05) is 5.41 Å². The molecule has 4 saturated carbocycles. The van der Waals surface area contributed by atoms with E-state index in [1.165, 1.54) is 44.1 Å². The highest BCUT2D eigenvalue weighted by atomic mass is 16.3. The summed E-state index contributed by atoms with van der Waals surface area (Å²) in [5, 5.41) is 20.7. The fourth-order valence-electron chi connectivity index (χ4n) is 7.57. The molecule has 0 aromatic heterocycles. The number of fused-ring (bicyclic) bond motifs is 2. The standard InChI is InChI=1S/C20H32O2/c1-13-6-9-20-11-14(13)10-15(20)4-5-16-18(2,12-21)17(22)7-8-19(16,20)3/h14-17,21-22H,1,4-12H2,2-3H3/t14-,15+,16+,17-,18+,19+,20?/m1/s1. The quantitative estimate of drug-likeness (QED) is 0.721. The number of aliphatic hydroxyl groups excluding tert-OH is 2. The Morgan fingerprint density at radius 2 is 1.95 bits per heavy atom. The number of hydrogen-bond donors (Lipinski definition) is 2. The maximum atomic E-state index is 10.6. The van der Waals surface area contributed by atoms with E-state index in [0.717, 1.165) is 24.7 Å². The van der Waals surface area contributed by atoms with Gasteiger partial charge >= 0.3 is 0 Å². The third-order valence-corrected chi connectivity index (χ3v) is 8.98. The molecule has 0 aromatic carbocycles. The van der Waals surface area contributed by atoms with Crippen LogP contribution in [-0.4, -0.2) is 22.9 Å². The Labute approximate surface area is 135 Å². The minimum Gasteiger partial charge on any atom is -0.396 e. The van der Waals surface area contributed by atoms with Crippen LogP contribution in [0.1, 0.15) is 65.2 Å². The summed E-state index contributed by atoms with van der Waals surface area (Å²) in [7, 11) is 0. The summed E-state index contributed by atoms with van der Waals surface area (Å²) < 4.78 is 0. The molecule has 1 spiro atoms. The molecular formula is C20H32O2. The molecule has 0 heterocycles. The molecule has 0 saturated heterocycles. The zero-order chi connectivity index (χ0) is 15.8. The summed E-state index contributed by atoms with van der Waals surface area (Å²) in [6, 6.07) is 0. The van der Waals surface area contributed by atoms with E-state index in [1.807, 2.05) is 0 Å². The van der Waals surface area contributed by atoms with Crippen molar-refractivity contribution in [3.63, 3.8) is 0 Å². The average Bonchev–Trinajstić information content (AvgIpc) is 2.84. The Hall–Kier alpha value is -0.340. The van der Waals surface area contributed by atoms with Crippen LogP contribution >= 0.6 is 0 Å². The fraction of sp³-hybridized carbons (Fsp3) is 0.900. The molecule has 1 unspecified atom stereocenters. The Bertz CT molecular complexity index is 500. The van der Waals surface area contributed by atoms with Crippen LogP contribution in [0.4, 0.5) is 0 Å². The van der Waals surface area contributed by atoms with Crippen LogP contribution in [0.3, 0.4) is 0 Å². The highest BCUT2D eigenvalue weighted by molar-refractivity contribution is 5.22. The zero-order valence-corrected chi connectivity index (χ0v) is 14.3. The molecule has 22 heavy (non-hydrogen) atoms. The van der Waals surface area contributed by atoms with Gasteiger partial charge in [0.1, 0.15) is 0 Å². The third-order valence-electron chi connectivity index (χ3n) is 8.98.